The molecule has 1 aliphatic rings. The lowest BCUT2D eigenvalue weighted by atomic mass is 10.2. The first-order valence-corrected chi connectivity index (χ1v) is 5.60. The molecule has 0 bridgehead atoms. The summed E-state index contributed by atoms with van der Waals surface area (Å²) >= 11 is 4.51. The Labute approximate surface area is 86.0 Å². The first-order valence-electron chi connectivity index (χ1n) is 5.19. The normalized spacial score (nSPS) is 19.1. The third-order valence-corrected chi connectivity index (χ3v) is 2.64. The van der Waals surface area contributed by atoms with Gasteiger partial charge in [-0.1, -0.05) is 12.8 Å². The van der Waals surface area contributed by atoms with Gasteiger partial charge in [0, 0.05) is 0 Å². The van der Waals surface area contributed by atoms with Gasteiger partial charge in [0.05, 0.1) is 11.7 Å². The number of hydrogen-bond acceptors (Lipinski definition) is 3. The molecular weight excluding hydrogens is 180 g/mol. The first-order chi connectivity index (χ1) is 6.43. The van der Waals surface area contributed by atoms with Crippen LogP contribution in [0.1, 0.15) is 32.1 Å². The molecular formula is C10H18N2S. The lowest BCUT2D eigenvalue weighted by molar-refractivity contribution is 0.283. The van der Waals surface area contributed by atoms with Crippen molar-refractivity contribution in [3.63, 3.8) is 0 Å². The molecule has 0 atom stereocenters. The van der Waals surface area contributed by atoms with E-state index in [0.717, 1.165) is 13.0 Å². The standard InChI is InChI=1S/C10H18N2S/c13-10-11-6-5-9-12-7-3-1-2-4-8-12/h1-9H2. The van der Waals surface area contributed by atoms with Crippen LogP contribution >= 0.6 is 12.2 Å². The average molecular weight is 198 g/mol. The Bertz CT molecular complexity index is 168. The number of isothiocyanates is 1. The number of hydrogen-bond donors (Lipinski definition) is 0. The van der Waals surface area contributed by atoms with E-state index in [1.807, 2.05) is 0 Å². The second-order valence-electron chi connectivity index (χ2n) is 3.58. The number of nitrogens with zero attached hydrogens (tertiary/aromatic N) is 2. The predicted octanol–water partition coefficient (Wildman–Crippen LogP) is 2.36. The van der Waals surface area contributed by atoms with E-state index in [9.17, 15) is 0 Å². The van der Waals surface area contributed by atoms with Crippen LogP contribution in [0, 0.1) is 0 Å². The Morgan fingerprint density at radius 1 is 1.15 bits per heavy atom. The average Bonchev–Trinajstić information content (AvgIpc) is 2.41. The topological polar surface area (TPSA) is 15.6 Å². The molecule has 1 aliphatic heterocycles. The molecule has 0 aromatic heterocycles. The smallest absolute Gasteiger partial charge is 0.0584 e. The van der Waals surface area contributed by atoms with Gasteiger partial charge in [0.1, 0.15) is 0 Å². The van der Waals surface area contributed by atoms with Crippen molar-refractivity contribution in [1.82, 2.24) is 4.90 Å². The molecule has 74 valence electrons. The van der Waals surface area contributed by atoms with Crippen LogP contribution in [0.3, 0.4) is 0 Å². The van der Waals surface area contributed by atoms with Crippen molar-refractivity contribution in [2.24, 2.45) is 4.99 Å². The van der Waals surface area contributed by atoms with Crippen molar-refractivity contribution in [2.75, 3.05) is 26.2 Å². The Morgan fingerprint density at radius 2 is 1.85 bits per heavy atom. The second kappa shape index (κ2) is 7.19. The van der Waals surface area contributed by atoms with Gasteiger partial charge in [-0.15, -0.1) is 0 Å². The van der Waals surface area contributed by atoms with Crippen LogP contribution in [-0.2, 0) is 0 Å². The van der Waals surface area contributed by atoms with Crippen LogP contribution in [0.15, 0.2) is 4.99 Å². The zero-order chi connectivity index (χ0) is 9.36. The Hall–Kier alpha value is -0.240. The number of likely N-dealkylation sites (tertiary alicyclic amines) is 1. The van der Waals surface area contributed by atoms with Gasteiger partial charge in [0.15, 0.2) is 0 Å². The summed E-state index contributed by atoms with van der Waals surface area (Å²) in [5.41, 5.74) is 0. The summed E-state index contributed by atoms with van der Waals surface area (Å²) in [4.78, 5) is 6.47. The zero-order valence-corrected chi connectivity index (χ0v) is 8.98. The summed E-state index contributed by atoms with van der Waals surface area (Å²) in [7, 11) is 0. The summed E-state index contributed by atoms with van der Waals surface area (Å²) in [6.45, 7) is 4.59. The summed E-state index contributed by atoms with van der Waals surface area (Å²) in [6, 6.07) is 0. The van der Waals surface area contributed by atoms with E-state index in [4.69, 9.17) is 0 Å². The fraction of sp³-hybridized carbons (Fsp3) is 0.900. The highest BCUT2D eigenvalue weighted by Gasteiger charge is 2.07. The molecule has 0 aliphatic carbocycles. The maximum atomic E-state index is 4.51. The monoisotopic (exact) mass is 198 g/mol. The third kappa shape index (κ3) is 5.14. The molecule has 2 nitrogen and oxygen atoms in total. The van der Waals surface area contributed by atoms with E-state index >= 15 is 0 Å². The molecule has 0 saturated carbocycles. The van der Waals surface area contributed by atoms with Gasteiger partial charge in [0.25, 0.3) is 0 Å². The van der Waals surface area contributed by atoms with E-state index in [1.54, 1.807) is 0 Å². The van der Waals surface area contributed by atoms with Gasteiger partial charge in [-0.05, 0) is 51.1 Å². The minimum absolute atomic E-state index is 0.847. The van der Waals surface area contributed by atoms with E-state index < -0.39 is 0 Å². The minimum atomic E-state index is 0.847. The van der Waals surface area contributed by atoms with E-state index in [-0.39, 0.29) is 0 Å². The molecule has 1 saturated heterocycles. The quantitative estimate of drug-likeness (QED) is 0.391. The SMILES string of the molecule is S=C=NCCCN1CCCCCC1. The van der Waals surface area contributed by atoms with Crippen molar-refractivity contribution in [3.8, 4) is 0 Å². The van der Waals surface area contributed by atoms with Gasteiger partial charge in [-0.3, -0.25) is 0 Å². The first kappa shape index (κ1) is 10.8. The van der Waals surface area contributed by atoms with Gasteiger partial charge in [-0.25, -0.2) is 4.99 Å². The molecule has 0 unspecified atom stereocenters. The number of aliphatic imine (C=N–C) groups is 1. The lowest BCUT2D eigenvalue weighted by Gasteiger charge is -2.18. The van der Waals surface area contributed by atoms with Gasteiger partial charge >= 0.3 is 0 Å². The van der Waals surface area contributed by atoms with Crippen molar-refractivity contribution < 1.29 is 0 Å². The maximum absolute atomic E-state index is 4.51. The van der Waals surface area contributed by atoms with Crippen LogP contribution in [0.2, 0.25) is 0 Å². The highest BCUT2D eigenvalue weighted by molar-refractivity contribution is 7.78. The van der Waals surface area contributed by atoms with Crippen LogP contribution in [0.5, 0.6) is 0 Å². The molecule has 1 heterocycles. The zero-order valence-electron chi connectivity index (χ0n) is 8.17. The Kier molecular flexibility index (Phi) is 6.00. The number of rotatable bonds is 4. The van der Waals surface area contributed by atoms with Gasteiger partial charge < -0.3 is 4.90 Å². The van der Waals surface area contributed by atoms with Gasteiger partial charge in [-0.2, -0.15) is 0 Å². The van der Waals surface area contributed by atoms with Gasteiger partial charge in [0.2, 0.25) is 0 Å². The van der Waals surface area contributed by atoms with Crippen molar-refractivity contribution in [3.05, 3.63) is 0 Å². The van der Waals surface area contributed by atoms with E-state index in [0.29, 0.717) is 0 Å². The fourth-order valence-corrected chi connectivity index (χ4v) is 1.87. The fourth-order valence-electron chi connectivity index (χ4n) is 1.78. The number of thiocarbonyl (C=S) groups is 1. The summed E-state index contributed by atoms with van der Waals surface area (Å²) in [5, 5.41) is 2.41. The molecule has 0 N–H and O–H groups in total. The molecule has 3 heteroatoms. The molecule has 1 rings (SSSR count). The maximum Gasteiger partial charge on any atom is 0.0584 e. The van der Waals surface area contributed by atoms with Crippen molar-refractivity contribution >= 4 is 17.4 Å². The summed E-state index contributed by atoms with van der Waals surface area (Å²) in [6.07, 6.45) is 6.69. The van der Waals surface area contributed by atoms with Crippen LogP contribution < -0.4 is 0 Å². The molecule has 0 aromatic rings. The molecule has 0 radical (unpaired) electrons. The molecule has 0 spiro atoms. The summed E-state index contributed by atoms with van der Waals surface area (Å²) in [5.74, 6) is 0. The summed E-state index contributed by atoms with van der Waals surface area (Å²) < 4.78 is 0. The van der Waals surface area contributed by atoms with E-state index in [1.165, 1.54) is 45.3 Å². The molecule has 0 aromatic carbocycles. The predicted molar refractivity (Wildman–Crippen MR) is 59.4 cm³/mol. The minimum Gasteiger partial charge on any atom is -0.303 e. The Morgan fingerprint density at radius 3 is 2.46 bits per heavy atom. The Balaban J connectivity index is 2.08. The highest BCUT2D eigenvalue weighted by Crippen LogP contribution is 2.09. The van der Waals surface area contributed by atoms with Crippen LogP contribution in [0.4, 0.5) is 0 Å². The van der Waals surface area contributed by atoms with E-state index in [2.05, 4.69) is 27.3 Å². The largest absolute Gasteiger partial charge is 0.303 e. The van der Waals surface area contributed by atoms with Crippen LogP contribution in [0.25, 0.3) is 0 Å². The molecule has 1 fully saturated rings. The van der Waals surface area contributed by atoms with Crippen LogP contribution in [-0.4, -0.2) is 36.2 Å². The molecule has 0 amide bonds. The lowest BCUT2D eigenvalue weighted by Crippen LogP contribution is -2.26. The molecule has 13 heavy (non-hydrogen) atoms. The highest BCUT2D eigenvalue weighted by atomic mass is 32.1. The van der Waals surface area contributed by atoms with Crippen molar-refractivity contribution in [2.45, 2.75) is 32.1 Å². The third-order valence-electron chi connectivity index (χ3n) is 2.51. The second-order valence-corrected chi connectivity index (χ2v) is 3.76. The van der Waals surface area contributed by atoms with Crippen molar-refractivity contribution in [1.29, 1.82) is 0 Å².